The zero-order valence-electron chi connectivity index (χ0n) is 10.8. The van der Waals surface area contributed by atoms with Crippen LogP contribution in [0.4, 0.5) is 0 Å². The number of benzene rings is 1. The summed E-state index contributed by atoms with van der Waals surface area (Å²) in [5, 5.41) is 10.4. The second-order valence-corrected chi connectivity index (χ2v) is 4.87. The Morgan fingerprint density at radius 1 is 1.42 bits per heavy atom. The lowest BCUT2D eigenvalue weighted by molar-refractivity contribution is 0.0135. The average molecular weight is 255 g/mol. The minimum absolute atomic E-state index is 0.0982. The first-order chi connectivity index (χ1) is 9.38. The van der Waals surface area contributed by atoms with Gasteiger partial charge in [-0.15, -0.1) is 0 Å². The quantitative estimate of drug-likeness (QED) is 0.911. The lowest BCUT2D eigenvalue weighted by Gasteiger charge is -2.31. The van der Waals surface area contributed by atoms with Gasteiger partial charge in [0, 0.05) is 30.2 Å². The van der Waals surface area contributed by atoms with E-state index in [0.29, 0.717) is 6.61 Å². The Morgan fingerprint density at radius 2 is 2.32 bits per heavy atom. The molecule has 2 aromatic rings. The van der Waals surface area contributed by atoms with Gasteiger partial charge in [-0.3, -0.25) is 4.90 Å². The Balaban J connectivity index is 1.70. The van der Waals surface area contributed by atoms with E-state index in [1.165, 1.54) is 16.5 Å². The van der Waals surface area contributed by atoms with E-state index in [1.807, 2.05) is 6.07 Å². The summed E-state index contributed by atoms with van der Waals surface area (Å²) < 4.78 is 5.34. The molecule has 0 amide bonds. The van der Waals surface area contributed by atoms with Crippen molar-refractivity contribution in [3.05, 3.63) is 36.0 Å². The Kier molecular flexibility index (Phi) is 3.49. The number of rotatable bonds is 3. The number of nitrogens with one attached hydrogen (secondary N) is 1. The molecule has 0 saturated carbocycles. The molecule has 4 nitrogen and oxygen atoms in total. The van der Waals surface area contributed by atoms with Crippen LogP contribution in [0.25, 0.3) is 10.9 Å². The van der Waals surface area contributed by atoms with Gasteiger partial charge < -0.3 is 9.72 Å². The maximum absolute atomic E-state index is 9.11. The van der Waals surface area contributed by atoms with Crippen molar-refractivity contribution in [1.29, 1.82) is 5.26 Å². The number of hydrogen-bond donors (Lipinski definition) is 1. The highest BCUT2D eigenvalue weighted by molar-refractivity contribution is 5.83. The zero-order chi connectivity index (χ0) is 13.1. The molecule has 1 atom stereocenters. The molecule has 0 aliphatic carbocycles. The third-order valence-corrected chi connectivity index (χ3v) is 3.73. The first-order valence-corrected chi connectivity index (χ1v) is 6.65. The molecular formula is C15H17N3O. The van der Waals surface area contributed by atoms with Gasteiger partial charge in [0.2, 0.25) is 0 Å². The first kappa shape index (κ1) is 12.2. The third kappa shape index (κ3) is 2.48. The van der Waals surface area contributed by atoms with Crippen molar-refractivity contribution in [2.24, 2.45) is 0 Å². The molecule has 1 saturated heterocycles. The predicted octanol–water partition coefficient (Wildman–Crippen LogP) is 1.93. The number of para-hydroxylation sites is 1. The summed E-state index contributed by atoms with van der Waals surface area (Å²) in [5.74, 6) is 0. The van der Waals surface area contributed by atoms with Gasteiger partial charge >= 0.3 is 0 Å². The molecule has 19 heavy (non-hydrogen) atoms. The maximum atomic E-state index is 9.11. The molecule has 0 spiro atoms. The number of morpholine rings is 1. The molecule has 1 aromatic heterocycles. The number of nitrogens with zero attached hydrogens (tertiary/aromatic N) is 2. The normalized spacial score (nSPS) is 20.5. The third-order valence-electron chi connectivity index (χ3n) is 3.73. The smallest absolute Gasteiger partial charge is 0.121 e. The number of hydrogen-bond acceptors (Lipinski definition) is 3. The van der Waals surface area contributed by atoms with E-state index in [0.717, 1.165) is 26.1 Å². The molecule has 0 bridgehead atoms. The number of aromatic amines is 1. The standard InChI is InChI=1S/C15H17N3O/c16-9-13-11-19-8-7-18(13)6-5-12-10-17-15-4-2-1-3-14(12)15/h1-4,10,13,17H,5-8,11H2. The van der Waals surface area contributed by atoms with Crippen molar-refractivity contribution in [2.45, 2.75) is 12.5 Å². The molecular weight excluding hydrogens is 238 g/mol. The fourth-order valence-corrected chi connectivity index (χ4v) is 2.63. The fraction of sp³-hybridized carbons (Fsp3) is 0.400. The van der Waals surface area contributed by atoms with Crippen molar-refractivity contribution in [2.75, 3.05) is 26.3 Å². The van der Waals surface area contributed by atoms with Gasteiger partial charge in [-0.05, 0) is 18.1 Å². The molecule has 2 heterocycles. The van der Waals surface area contributed by atoms with Crippen LogP contribution in [0.3, 0.4) is 0 Å². The largest absolute Gasteiger partial charge is 0.377 e. The highest BCUT2D eigenvalue weighted by Crippen LogP contribution is 2.19. The summed E-state index contributed by atoms with van der Waals surface area (Å²) in [5.41, 5.74) is 2.50. The number of nitriles is 1. The summed E-state index contributed by atoms with van der Waals surface area (Å²) in [4.78, 5) is 5.51. The molecule has 98 valence electrons. The Morgan fingerprint density at radius 3 is 3.21 bits per heavy atom. The van der Waals surface area contributed by atoms with Crippen LogP contribution in [0, 0.1) is 11.3 Å². The van der Waals surface area contributed by atoms with Gasteiger partial charge in [-0.25, -0.2) is 0 Å². The lowest BCUT2D eigenvalue weighted by atomic mass is 10.1. The van der Waals surface area contributed by atoms with E-state index in [1.54, 1.807) is 0 Å². The molecule has 1 fully saturated rings. The number of H-pyrrole nitrogens is 1. The highest BCUT2D eigenvalue weighted by Gasteiger charge is 2.22. The van der Waals surface area contributed by atoms with Crippen LogP contribution in [0.1, 0.15) is 5.56 Å². The SMILES string of the molecule is N#CC1COCCN1CCc1c[nH]c2ccccc12. The van der Waals surface area contributed by atoms with E-state index in [4.69, 9.17) is 10.00 Å². The Labute approximate surface area is 112 Å². The molecule has 1 unspecified atom stereocenters. The molecule has 1 N–H and O–H groups in total. The molecule has 0 radical (unpaired) electrons. The second-order valence-electron chi connectivity index (χ2n) is 4.87. The van der Waals surface area contributed by atoms with Gasteiger partial charge in [-0.1, -0.05) is 18.2 Å². The molecule has 1 aliphatic rings. The van der Waals surface area contributed by atoms with Crippen LogP contribution in [0.5, 0.6) is 0 Å². The van der Waals surface area contributed by atoms with Crippen LogP contribution in [-0.2, 0) is 11.2 Å². The number of fused-ring (bicyclic) bond motifs is 1. The van der Waals surface area contributed by atoms with E-state index in [9.17, 15) is 0 Å². The van der Waals surface area contributed by atoms with Crippen molar-refractivity contribution >= 4 is 10.9 Å². The number of ether oxygens (including phenoxy) is 1. The minimum atomic E-state index is -0.0982. The summed E-state index contributed by atoms with van der Waals surface area (Å²) in [6.45, 7) is 3.01. The van der Waals surface area contributed by atoms with Gasteiger partial charge in [0.1, 0.15) is 6.04 Å². The average Bonchev–Trinajstić information content (AvgIpc) is 2.89. The summed E-state index contributed by atoms with van der Waals surface area (Å²) >= 11 is 0. The van der Waals surface area contributed by atoms with Crippen molar-refractivity contribution < 1.29 is 4.74 Å². The summed E-state index contributed by atoms with van der Waals surface area (Å²) in [6, 6.07) is 10.5. The van der Waals surface area contributed by atoms with Gasteiger partial charge in [0.15, 0.2) is 0 Å². The Bertz CT molecular complexity index is 599. The topological polar surface area (TPSA) is 52.0 Å². The van der Waals surface area contributed by atoms with Crippen LogP contribution in [0.15, 0.2) is 30.5 Å². The monoisotopic (exact) mass is 255 g/mol. The Hall–Kier alpha value is -1.83. The van der Waals surface area contributed by atoms with Crippen LogP contribution in [0.2, 0.25) is 0 Å². The molecule has 4 heteroatoms. The molecule has 1 aromatic carbocycles. The summed E-state index contributed by atoms with van der Waals surface area (Å²) in [6.07, 6.45) is 3.04. The summed E-state index contributed by atoms with van der Waals surface area (Å²) in [7, 11) is 0. The second kappa shape index (κ2) is 5.43. The predicted molar refractivity (Wildman–Crippen MR) is 73.8 cm³/mol. The maximum Gasteiger partial charge on any atom is 0.121 e. The fourth-order valence-electron chi connectivity index (χ4n) is 2.63. The van der Waals surface area contributed by atoms with Gasteiger partial charge in [-0.2, -0.15) is 5.26 Å². The first-order valence-electron chi connectivity index (χ1n) is 6.65. The van der Waals surface area contributed by atoms with E-state index < -0.39 is 0 Å². The van der Waals surface area contributed by atoms with Gasteiger partial charge in [0.25, 0.3) is 0 Å². The highest BCUT2D eigenvalue weighted by atomic mass is 16.5. The van der Waals surface area contributed by atoms with E-state index in [-0.39, 0.29) is 6.04 Å². The van der Waals surface area contributed by atoms with Crippen LogP contribution < -0.4 is 0 Å². The zero-order valence-corrected chi connectivity index (χ0v) is 10.8. The number of aromatic nitrogens is 1. The molecule has 3 rings (SSSR count). The van der Waals surface area contributed by atoms with Crippen molar-refractivity contribution in [3.8, 4) is 6.07 Å². The minimum Gasteiger partial charge on any atom is -0.377 e. The van der Waals surface area contributed by atoms with Crippen LogP contribution >= 0.6 is 0 Å². The van der Waals surface area contributed by atoms with Crippen molar-refractivity contribution in [1.82, 2.24) is 9.88 Å². The molecule has 1 aliphatic heterocycles. The van der Waals surface area contributed by atoms with Crippen molar-refractivity contribution in [3.63, 3.8) is 0 Å². The lowest BCUT2D eigenvalue weighted by Crippen LogP contribution is -2.45. The van der Waals surface area contributed by atoms with E-state index in [2.05, 4.69) is 40.3 Å². The van der Waals surface area contributed by atoms with E-state index >= 15 is 0 Å². The van der Waals surface area contributed by atoms with Gasteiger partial charge in [0.05, 0.1) is 19.3 Å². The van der Waals surface area contributed by atoms with Crippen LogP contribution in [-0.4, -0.2) is 42.2 Å².